The summed E-state index contributed by atoms with van der Waals surface area (Å²) in [6, 6.07) is 4.17. The number of phenols is 1. The predicted octanol–water partition coefficient (Wildman–Crippen LogP) is 5.68. The number of rotatable bonds is 4. The Morgan fingerprint density at radius 3 is 2.40 bits per heavy atom. The molecule has 5 nitrogen and oxygen atoms in total. The standard InChI is InChI=1S/C28H43NO4.C2H6/c1-16-8-11-21(30)24-22(16)28-12-13-29(15-18-9-10-18)17(2)19(28)14-20(23(32-7)25(28)33-24)27(6,31)26(3,4)5;1-2/h8,11,17-20,23,25,30-31H,9-10,12-15H2,1-7H3;1-2H3/t17?,19?,20-,23?,25-,27-,28?;/m0./s1. The molecule has 4 unspecified atom stereocenters. The first kappa shape index (κ1) is 26.8. The molecule has 5 rings (SSSR count). The van der Waals surface area contributed by atoms with Crippen molar-refractivity contribution in [2.75, 3.05) is 20.2 Å². The van der Waals surface area contributed by atoms with Gasteiger partial charge in [-0.2, -0.15) is 0 Å². The van der Waals surface area contributed by atoms with E-state index in [2.05, 4.69) is 39.5 Å². The number of piperidine rings is 1. The van der Waals surface area contributed by atoms with E-state index in [0.717, 1.165) is 25.3 Å². The van der Waals surface area contributed by atoms with Crippen LogP contribution in [0.4, 0.5) is 0 Å². The number of aryl methyl sites for hydroxylation is 1. The number of phenolic OH excluding ortho intramolecular Hbond substituents is 1. The van der Waals surface area contributed by atoms with E-state index in [1.54, 1.807) is 13.2 Å². The minimum absolute atomic E-state index is 0.0642. The number of benzene rings is 1. The van der Waals surface area contributed by atoms with Crippen molar-refractivity contribution >= 4 is 0 Å². The summed E-state index contributed by atoms with van der Waals surface area (Å²) in [5, 5.41) is 22.7. The minimum Gasteiger partial charge on any atom is -0.504 e. The van der Waals surface area contributed by atoms with Crippen LogP contribution in [0.2, 0.25) is 0 Å². The summed E-state index contributed by atoms with van der Waals surface area (Å²) in [6.07, 6.45) is 4.14. The van der Waals surface area contributed by atoms with Crippen LogP contribution in [-0.2, 0) is 10.2 Å². The molecule has 0 amide bonds. The Morgan fingerprint density at radius 2 is 1.83 bits per heavy atom. The summed E-state index contributed by atoms with van der Waals surface area (Å²) in [7, 11) is 1.76. The van der Waals surface area contributed by atoms with Gasteiger partial charge in [-0.15, -0.1) is 0 Å². The summed E-state index contributed by atoms with van der Waals surface area (Å²) < 4.78 is 12.9. The highest BCUT2D eigenvalue weighted by Crippen LogP contribution is 2.64. The summed E-state index contributed by atoms with van der Waals surface area (Å²) in [5.74, 6) is 1.97. The number of nitrogens with zero attached hydrogens (tertiary/aromatic N) is 1. The zero-order chi connectivity index (χ0) is 25.9. The van der Waals surface area contributed by atoms with E-state index in [9.17, 15) is 10.2 Å². The molecule has 198 valence electrons. The van der Waals surface area contributed by atoms with Gasteiger partial charge < -0.3 is 24.6 Å². The van der Waals surface area contributed by atoms with Crippen LogP contribution in [0.3, 0.4) is 0 Å². The lowest BCUT2D eigenvalue weighted by molar-refractivity contribution is -0.203. The third-order valence-corrected chi connectivity index (χ3v) is 10.1. The topological polar surface area (TPSA) is 62.2 Å². The van der Waals surface area contributed by atoms with E-state index >= 15 is 0 Å². The van der Waals surface area contributed by atoms with Crippen LogP contribution in [0.5, 0.6) is 11.5 Å². The summed E-state index contributed by atoms with van der Waals surface area (Å²) >= 11 is 0. The van der Waals surface area contributed by atoms with Crippen molar-refractivity contribution in [1.29, 1.82) is 0 Å². The monoisotopic (exact) mass is 487 g/mol. The van der Waals surface area contributed by atoms with Crippen molar-refractivity contribution in [2.24, 2.45) is 23.2 Å². The molecule has 0 bridgehead atoms. The molecule has 1 saturated heterocycles. The third-order valence-electron chi connectivity index (χ3n) is 10.1. The molecule has 7 atom stereocenters. The zero-order valence-corrected chi connectivity index (χ0v) is 23.5. The molecule has 35 heavy (non-hydrogen) atoms. The maximum Gasteiger partial charge on any atom is 0.165 e. The molecule has 2 heterocycles. The van der Waals surface area contributed by atoms with E-state index in [-0.39, 0.29) is 34.7 Å². The second-order valence-electron chi connectivity index (χ2n) is 12.7. The van der Waals surface area contributed by atoms with E-state index < -0.39 is 5.60 Å². The number of hydrogen-bond donors (Lipinski definition) is 2. The SMILES string of the molecule is CC.COC1[C@@H]2Oc3c(O)ccc(C)c3C23CCN(CC2CC2)C(C)C3C[C@@H]1[C@](C)(O)C(C)(C)C. The number of aromatic hydroxyl groups is 1. The largest absolute Gasteiger partial charge is 0.504 e. The van der Waals surface area contributed by atoms with E-state index in [4.69, 9.17) is 9.47 Å². The summed E-state index contributed by atoms with van der Waals surface area (Å²) in [5.41, 5.74) is 0.945. The maximum atomic E-state index is 11.9. The molecular weight excluding hydrogens is 438 g/mol. The van der Waals surface area contributed by atoms with Gasteiger partial charge in [-0.05, 0) is 81.9 Å². The number of aliphatic hydroxyl groups is 1. The van der Waals surface area contributed by atoms with Crippen LogP contribution in [0, 0.1) is 30.1 Å². The highest BCUT2D eigenvalue weighted by molar-refractivity contribution is 5.58. The van der Waals surface area contributed by atoms with E-state index in [1.165, 1.54) is 30.5 Å². The molecule has 0 radical (unpaired) electrons. The fourth-order valence-electron chi connectivity index (χ4n) is 7.48. The number of methoxy groups -OCH3 is 1. The highest BCUT2D eigenvalue weighted by atomic mass is 16.5. The Hall–Kier alpha value is -1.30. The van der Waals surface area contributed by atoms with Gasteiger partial charge in [-0.3, -0.25) is 0 Å². The van der Waals surface area contributed by atoms with Crippen LogP contribution in [0.1, 0.15) is 85.3 Å². The van der Waals surface area contributed by atoms with Gasteiger partial charge in [0.1, 0.15) is 12.2 Å². The molecule has 2 aliphatic heterocycles. The molecule has 2 aliphatic carbocycles. The second kappa shape index (κ2) is 9.22. The van der Waals surface area contributed by atoms with Crippen molar-refractivity contribution in [3.05, 3.63) is 23.3 Å². The van der Waals surface area contributed by atoms with Gasteiger partial charge in [-0.1, -0.05) is 40.7 Å². The lowest BCUT2D eigenvalue weighted by Crippen LogP contribution is -2.69. The Bertz CT molecular complexity index is 918. The lowest BCUT2D eigenvalue weighted by atomic mass is 9.49. The Morgan fingerprint density at radius 1 is 1.17 bits per heavy atom. The van der Waals surface area contributed by atoms with Gasteiger partial charge in [-0.25, -0.2) is 0 Å². The van der Waals surface area contributed by atoms with Crippen LogP contribution in [-0.4, -0.2) is 59.2 Å². The van der Waals surface area contributed by atoms with Crippen molar-refractivity contribution in [3.8, 4) is 11.5 Å². The van der Waals surface area contributed by atoms with Gasteiger partial charge in [0.2, 0.25) is 0 Å². The summed E-state index contributed by atoms with van der Waals surface area (Å²) in [4.78, 5) is 2.69. The Kier molecular flexibility index (Phi) is 7.05. The van der Waals surface area contributed by atoms with Crippen LogP contribution >= 0.6 is 0 Å². The van der Waals surface area contributed by atoms with Gasteiger partial charge in [0.05, 0.1) is 5.60 Å². The molecule has 3 fully saturated rings. The third kappa shape index (κ3) is 4.01. The summed E-state index contributed by atoms with van der Waals surface area (Å²) in [6.45, 7) is 19.1. The quantitative estimate of drug-likeness (QED) is 0.572. The smallest absolute Gasteiger partial charge is 0.165 e. The normalized spacial score (nSPS) is 36.1. The van der Waals surface area contributed by atoms with Crippen molar-refractivity contribution in [3.63, 3.8) is 0 Å². The van der Waals surface area contributed by atoms with Crippen molar-refractivity contribution in [1.82, 2.24) is 4.90 Å². The van der Waals surface area contributed by atoms with Gasteiger partial charge in [0, 0.05) is 36.6 Å². The first-order valence-corrected chi connectivity index (χ1v) is 13.9. The maximum absolute atomic E-state index is 11.9. The molecule has 2 N–H and O–H groups in total. The number of hydrogen-bond acceptors (Lipinski definition) is 5. The fourth-order valence-corrected chi connectivity index (χ4v) is 7.48. The lowest BCUT2D eigenvalue weighted by Gasteiger charge is -2.61. The van der Waals surface area contributed by atoms with Crippen LogP contribution in [0.15, 0.2) is 12.1 Å². The average Bonchev–Trinajstić information content (AvgIpc) is 3.56. The molecule has 1 spiro atoms. The van der Waals surface area contributed by atoms with E-state index in [1.807, 2.05) is 26.8 Å². The number of likely N-dealkylation sites (tertiary alicyclic amines) is 1. The van der Waals surface area contributed by atoms with Gasteiger partial charge in [0.15, 0.2) is 11.5 Å². The van der Waals surface area contributed by atoms with Crippen LogP contribution < -0.4 is 4.74 Å². The highest BCUT2D eigenvalue weighted by Gasteiger charge is 2.67. The molecule has 1 aromatic carbocycles. The second-order valence-corrected chi connectivity index (χ2v) is 12.7. The van der Waals surface area contributed by atoms with E-state index in [0.29, 0.717) is 17.7 Å². The predicted molar refractivity (Wildman–Crippen MR) is 141 cm³/mol. The molecule has 5 heteroatoms. The van der Waals surface area contributed by atoms with Gasteiger partial charge in [0.25, 0.3) is 0 Å². The Labute approximate surface area is 213 Å². The molecule has 1 aromatic rings. The first-order chi connectivity index (χ1) is 16.4. The van der Waals surface area contributed by atoms with Gasteiger partial charge >= 0.3 is 0 Å². The average molecular weight is 488 g/mol. The minimum atomic E-state index is -0.923. The molecule has 2 saturated carbocycles. The fraction of sp³-hybridized carbons (Fsp3) is 0.800. The number of fused-ring (bicyclic) bond motifs is 1. The molecule has 4 aliphatic rings. The number of ether oxygens (including phenoxy) is 2. The van der Waals surface area contributed by atoms with Crippen LogP contribution in [0.25, 0.3) is 0 Å². The van der Waals surface area contributed by atoms with Crippen molar-refractivity contribution < 1.29 is 19.7 Å². The molecular formula is C30H49NO4. The zero-order valence-electron chi connectivity index (χ0n) is 23.5. The Balaban J connectivity index is 0.00000141. The van der Waals surface area contributed by atoms with Crippen molar-refractivity contribution in [2.45, 2.75) is 110 Å². The first-order valence-electron chi connectivity index (χ1n) is 13.9. The molecule has 0 aromatic heterocycles.